The van der Waals surface area contributed by atoms with Crippen molar-refractivity contribution in [2.45, 2.75) is 37.5 Å². The standard InChI is InChI=1S/C20H19F4N3O3/c21-13-2-1-11(5-14(13)22)15-6-12(9-28)16(8-25-15)27-4-3-17-20(10-27,7-18(23)24)26-19(29)30-17/h1-2,5-6,8,17-18,28H,3-4,7,9-10H2,(H,26,29). The minimum Gasteiger partial charge on any atom is -0.444 e. The number of alkyl halides is 2. The van der Waals surface area contributed by atoms with E-state index in [1.165, 1.54) is 18.3 Å². The first-order valence-corrected chi connectivity index (χ1v) is 9.38. The number of aliphatic hydroxyl groups excluding tert-OH is 1. The summed E-state index contributed by atoms with van der Waals surface area (Å²) in [7, 11) is 0. The number of rotatable bonds is 5. The predicted octanol–water partition coefficient (Wildman–Crippen LogP) is 3.23. The van der Waals surface area contributed by atoms with Gasteiger partial charge in [0.1, 0.15) is 11.6 Å². The first-order chi connectivity index (χ1) is 14.3. The molecule has 0 bridgehead atoms. The fraction of sp³-hybridized carbons (Fsp3) is 0.400. The molecule has 2 aromatic rings. The number of hydrogen-bond acceptors (Lipinski definition) is 5. The Morgan fingerprint density at radius 1 is 1.30 bits per heavy atom. The van der Waals surface area contributed by atoms with Gasteiger partial charge >= 0.3 is 6.09 Å². The molecule has 6 nitrogen and oxygen atoms in total. The molecule has 2 fully saturated rings. The molecular formula is C20H19F4N3O3. The van der Waals surface area contributed by atoms with Crippen LogP contribution in [0.3, 0.4) is 0 Å². The van der Waals surface area contributed by atoms with Gasteiger partial charge in [0.2, 0.25) is 6.43 Å². The number of nitrogens with zero attached hydrogens (tertiary/aromatic N) is 2. The number of aromatic nitrogens is 1. The zero-order valence-corrected chi connectivity index (χ0v) is 15.7. The van der Waals surface area contributed by atoms with E-state index >= 15 is 0 Å². The van der Waals surface area contributed by atoms with Crippen LogP contribution in [0.25, 0.3) is 11.3 Å². The number of hydrogen-bond donors (Lipinski definition) is 2. The molecule has 1 amide bonds. The van der Waals surface area contributed by atoms with Gasteiger partial charge in [0, 0.05) is 37.1 Å². The first-order valence-electron chi connectivity index (χ1n) is 9.38. The highest BCUT2D eigenvalue weighted by Gasteiger charge is 2.53. The van der Waals surface area contributed by atoms with Gasteiger partial charge in [-0.3, -0.25) is 4.98 Å². The summed E-state index contributed by atoms with van der Waals surface area (Å²) < 4.78 is 58.4. The molecule has 2 saturated heterocycles. The topological polar surface area (TPSA) is 74.7 Å². The first kappa shape index (κ1) is 20.4. The molecule has 0 aliphatic carbocycles. The van der Waals surface area contributed by atoms with Gasteiger partial charge in [-0.25, -0.2) is 22.4 Å². The molecule has 3 heterocycles. The Bertz CT molecular complexity index is 974. The van der Waals surface area contributed by atoms with Crippen molar-refractivity contribution in [1.82, 2.24) is 10.3 Å². The quantitative estimate of drug-likeness (QED) is 0.720. The van der Waals surface area contributed by atoms with E-state index in [9.17, 15) is 27.5 Å². The fourth-order valence-corrected chi connectivity index (χ4v) is 4.17. The van der Waals surface area contributed by atoms with Gasteiger partial charge in [-0.2, -0.15) is 0 Å². The van der Waals surface area contributed by atoms with Gasteiger partial charge in [-0.15, -0.1) is 0 Å². The molecule has 160 valence electrons. The monoisotopic (exact) mass is 425 g/mol. The molecule has 2 unspecified atom stereocenters. The second kappa shape index (κ2) is 7.75. The third-order valence-electron chi connectivity index (χ3n) is 5.56. The van der Waals surface area contributed by atoms with Crippen molar-refractivity contribution >= 4 is 11.8 Å². The molecule has 4 rings (SSSR count). The molecule has 2 aliphatic heterocycles. The zero-order chi connectivity index (χ0) is 21.5. The van der Waals surface area contributed by atoms with Crippen molar-refractivity contribution in [3.8, 4) is 11.3 Å². The van der Waals surface area contributed by atoms with Crippen LogP contribution in [-0.4, -0.2) is 47.3 Å². The van der Waals surface area contributed by atoms with Crippen molar-refractivity contribution in [2.75, 3.05) is 18.0 Å². The molecule has 0 radical (unpaired) electrons. The van der Waals surface area contributed by atoms with E-state index < -0.39 is 42.2 Å². The van der Waals surface area contributed by atoms with E-state index in [-0.39, 0.29) is 13.2 Å². The normalized spacial score (nSPS) is 23.3. The number of ether oxygens (including phenoxy) is 1. The van der Waals surface area contributed by atoms with Crippen LogP contribution in [0.1, 0.15) is 18.4 Å². The lowest BCUT2D eigenvalue weighted by Crippen LogP contribution is -2.61. The van der Waals surface area contributed by atoms with Crippen LogP contribution in [-0.2, 0) is 11.3 Å². The maximum atomic E-state index is 13.6. The van der Waals surface area contributed by atoms with Crippen molar-refractivity contribution < 1.29 is 32.2 Å². The number of halogens is 4. The maximum absolute atomic E-state index is 13.6. The molecule has 0 spiro atoms. The van der Waals surface area contributed by atoms with Crippen molar-refractivity contribution in [3.63, 3.8) is 0 Å². The van der Waals surface area contributed by atoms with Gasteiger partial charge in [-0.05, 0) is 24.3 Å². The fourth-order valence-electron chi connectivity index (χ4n) is 4.17. The molecule has 0 saturated carbocycles. The number of piperidine rings is 1. The lowest BCUT2D eigenvalue weighted by Gasteiger charge is -2.43. The van der Waals surface area contributed by atoms with E-state index in [1.807, 2.05) is 0 Å². The van der Waals surface area contributed by atoms with E-state index in [0.29, 0.717) is 35.5 Å². The van der Waals surface area contributed by atoms with Gasteiger partial charge in [0.15, 0.2) is 11.6 Å². The van der Waals surface area contributed by atoms with Gasteiger partial charge in [-0.1, -0.05) is 0 Å². The van der Waals surface area contributed by atoms with Crippen molar-refractivity contribution in [1.29, 1.82) is 0 Å². The van der Waals surface area contributed by atoms with Gasteiger partial charge in [0.05, 0.1) is 24.2 Å². The van der Waals surface area contributed by atoms with Crippen LogP contribution in [0.5, 0.6) is 0 Å². The van der Waals surface area contributed by atoms with Crippen molar-refractivity contribution in [3.05, 3.63) is 47.7 Å². The Balaban J connectivity index is 1.65. The third-order valence-corrected chi connectivity index (χ3v) is 5.56. The minimum absolute atomic E-state index is 0.0625. The van der Waals surface area contributed by atoms with Crippen LogP contribution >= 0.6 is 0 Å². The Hall–Kier alpha value is -2.88. The summed E-state index contributed by atoms with van der Waals surface area (Å²) in [6.45, 7) is 0.0932. The number of fused-ring (bicyclic) bond motifs is 1. The molecule has 2 atom stereocenters. The highest BCUT2D eigenvalue weighted by atomic mass is 19.3. The highest BCUT2D eigenvalue weighted by molar-refractivity contribution is 5.72. The summed E-state index contributed by atoms with van der Waals surface area (Å²) in [5.41, 5.74) is 0.378. The van der Waals surface area contributed by atoms with Gasteiger partial charge < -0.3 is 20.1 Å². The predicted molar refractivity (Wildman–Crippen MR) is 99.1 cm³/mol. The number of carbonyl (C=O) groups is 1. The molecular weight excluding hydrogens is 406 g/mol. The number of anilines is 1. The Morgan fingerprint density at radius 2 is 2.10 bits per heavy atom. The number of benzene rings is 1. The minimum atomic E-state index is -2.64. The van der Waals surface area contributed by atoms with E-state index in [0.717, 1.165) is 12.1 Å². The van der Waals surface area contributed by atoms with E-state index in [2.05, 4.69) is 10.3 Å². The highest BCUT2D eigenvalue weighted by Crippen LogP contribution is 2.37. The third kappa shape index (κ3) is 3.67. The number of amides is 1. The number of alkyl carbamates (subject to hydrolysis) is 1. The summed E-state index contributed by atoms with van der Waals surface area (Å²) in [6.07, 6.45) is -2.80. The van der Waals surface area contributed by atoms with Crippen LogP contribution in [0.4, 0.5) is 28.0 Å². The number of aliphatic hydroxyl groups is 1. The smallest absolute Gasteiger partial charge is 0.408 e. The molecule has 1 aromatic carbocycles. The summed E-state index contributed by atoms with van der Waals surface area (Å²) in [6, 6.07) is 4.90. The lowest BCUT2D eigenvalue weighted by molar-refractivity contribution is 0.0429. The summed E-state index contributed by atoms with van der Waals surface area (Å²) in [4.78, 5) is 17.8. The maximum Gasteiger partial charge on any atom is 0.408 e. The average molecular weight is 425 g/mol. The second-order valence-electron chi connectivity index (χ2n) is 7.47. The SMILES string of the molecule is O=C1NC2(CC(F)F)CN(c3cnc(-c4ccc(F)c(F)c4)cc3CO)CCC2O1. The Kier molecular flexibility index (Phi) is 5.27. The summed E-state index contributed by atoms with van der Waals surface area (Å²) >= 11 is 0. The Labute approximate surface area is 169 Å². The van der Waals surface area contributed by atoms with Crippen LogP contribution < -0.4 is 10.2 Å². The van der Waals surface area contributed by atoms with Crippen molar-refractivity contribution in [2.24, 2.45) is 0 Å². The molecule has 10 heteroatoms. The molecule has 1 aromatic heterocycles. The largest absolute Gasteiger partial charge is 0.444 e. The van der Waals surface area contributed by atoms with Crippen LogP contribution in [0, 0.1) is 11.6 Å². The molecule has 2 N–H and O–H groups in total. The number of carbonyl (C=O) groups excluding carboxylic acids is 1. The second-order valence-corrected chi connectivity index (χ2v) is 7.47. The molecule has 30 heavy (non-hydrogen) atoms. The number of pyridine rings is 1. The summed E-state index contributed by atoms with van der Waals surface area (Å²) in [5.74, 6) is -2.00. The van der Waals surface area contributed by atoms with Crippen LogP contribution in [0.15, 0.2) is 30.5 Å². The van der Waals surface area contributed by atoms with Crippen LogP contribution in [0.2, 0.25) is 0 Å². The van der Waals surface area contributed by atoms with Gasteiger partial charge in [0.25, 0.3) is 0 Å². The Morgan fingerprint density at radius 3 is 2.80 bits per heavy atom. The van der Waals surface area contributed by atoms with E-state index in [4.69, 9.17) is 4.74 Å². The van der Waals surface area contributed by atoms with E-state index in [1.54, 1.807) is 4.90 Å². The summed E-state index contributed by atoms with van der Waals surface area (Å²) in [5, 5.41) is 12.4. The zero-order valence-electron chi connectivity index (χ0n) is 15.7. The molecule has 2 aliphatic rings. The average Bonchev–Trinajstić information content (AvgIpc) is 3.03. The number of nitrogens with one attached hydrogen (secondary N) is 1. The lowest BCUT2D eigenvalue weighted by atomic mass is 9.83.